The molecular formula is C28H25FN6. The van der Waals surface area contributed by atoms with Gasteiger partial charge in [0.05, 0.1) is 34.7 Å². The van der Waals surface area contributed by atoms with Crippen molar-refractivity contribution >= 4 is 21.8 Å². The predicted molar refractivity (Wildman–Crippen MR) is 135 cm³/mol. The number of fused-ring (bicyclic) bond motifs is 2. The van der Waals surface area contributed by atoms with Crippen LogP contribution >= 0.6 is 0 Å². The number of pyridine rings is 1. The monoisotopic (exact) mass is 464 g/mol. The zero-order valence-electron chi connectivity index (χ0n) is 19.5. The van der Waals surface area contributed by atoms with Crippen molar-refractivity contribution in [3.63, 3.8) is 0 Å². The lowest BCUT2D eigenvalue weighted by Gasteiger charge is -2.15. The minimum absolute atomic E-state index is 0.0372. The second-order valence-corrected chi connectivity index (χ2v) is 9.15. The van der Waals surface area contributed by atoms with Gasteiger partial charge in [-0.15, -0.1) is 0 Å². The van der Waals surface area contributed by atoms with Crippen molar-refractivity contribution in [1.29, 1.82) is 5.26 Å². The topological polar surface area (TPSA) is 71.5 Å². The molecule has 35 heavy (non-hydrogen) atoms. The predicted octanol–water partition coefficient (Wildman–Crippen LogP) is 5.36. The van der Waals surface area contributed by atoms with Crippen LogP contribution in [0.15, 0.2) is 61.1 Å². The van der Waals surface area contributed by atoms with E-state index in [1.54, 1.807) is 6.07 Å². The van der Waals surface area contributed by atoms with Gasteiger partial charge in [-0.2, -0.15) is 10.4 Å². The summed E-state index contributed by atoms with van der Waals surface area (Å²) in [6.45, 7) is 5.86. The molecule has 1 aliphatic rings. The van der Waals surface area contributed by atoms with Crippen molar-refractivity contribution in [2.24, 2.45) is 5.92 Å². The summed E-state index contributed by atoms with van der Waals surface area (Å²) in [7, 11) is 0. The highest BCUT2D eigenvalue weighted by atomic mass is 19.1. The number of halogens is 1. The van der Waals surface area contributed by atoms with E-state index in [1.807, 2.05) is 29.2 Å². The standard InChI is InChI=1S/C28H25FN6/c1-2-35-25-6-5-20(11-22(25)15-33-35)28-27(19-3-4-21(13-30)24(29)12-19)23-8-10-34(26(23)16-32-28)17-18-7-9-31-14-18/h3-6,8,10-12,15-16,18,31H,2,7,9,14,17H2,1H3/t18-/m0/s1. The first kappa shape index (κ1) is 21.5. The summed E-state index contributed by atoms with van der Waals surface area (Å²) in [6, 6.07) is 15.0. The Morgan fingerprint density at radius 1 is 1.11 bits per heavy atom. The van der Waals surface area contributed by atoms with Gasteiger partial charge in [0.1, 0.15) is 11.9 Å². The molecule has 0 spiro atoms. The maximum atomic E-state index is 14.7. The fourth-order valence-corrected chi connectivity index (χ4v) is 5.22. The van der Waals surface area contributed by atoms with Gasteiger partial charge in [0.25, 0.3) is 0 Å². The van der Waals surface area contributed by atoms with Gasteiger partial charge < -0.3 is 9.88 Å². The van der Waals surface area contributed by atoms with Gasteiger partial charge in [-0.25, -0.2) is 4.39 Å². The summed E-state index contributed by atoms with van der Waals surface area (Å²) >= 11 is 0. The molecule has 6 rings (SSSR count). The quantitative estimate of drug-likeness (QED) is 0.380. The lowest BCUT2D eigenvalue weighted by molar-refractivity contribution is 0.491. The van der Waals surface area contributed by atoms with Crippen LogP contribution in [0.3, 0.4) is 0 Å². The van der Waals surface area contributed by atoms with E-state index in [0.29, 0.717) is 11.5 Å². The summed E-state index contributed by atoms with van der Waals surface area (Å²) in [5, 5.41) is 19.2. The van der Waals surface area contributed by atoms with E-state index < -0.39 is 5.82 Å². The fraction of sp³-hybridized carbons (Fsp3) is 0.250. The van der Waals surface area contributed by atoms with Crippen LogP contribution in [-0.4, -0.2) is 32.4 Å². The Hall–Kier alpha value is -4.02. The maximum absolute atomic E-state index is 14.7. The molecule has 0 aliphatic carbocycles. The van der Waals surface area contributed by atoms with E-state index in [-0.39, 0.29) is 5.56 Å². The van der Waals surface area contributed by atoms with E-state index in [1.165, 1.54) is 6.07 Å². The van der Waals surface area contributed by atoms with Gasteiger partial charge in [-0.1, -0.05) is 12.1 Å². The number of nitrogens with zero attached hydrogens (tertiary/aromatic N) is 5. The number of nitriles is 1. The number of aryl methyl sites for hydroxylation is 1. The maximum Gasteiger partial charge on any atom is 0.141 e. The summed E-state index contributed by atoms with van der Waals surface area (Å²) in [4.78, 5) is 4.92. The zero-order valence-corrected chi connectivity index (χ0v) is 19.5. The van der Waals surface area contributed by atoms with Crippen molar-refractivity contribution in [3.8, 4) is 28.5 Å². The molecule has 0 saturated carbocycles. The number of aromatic nitrogens is 4. The third-order valence-corrected chi connectivity index (χ3v) is 7.04. The molecule has 1 atom stereocenters. The van der Waals surface area contributed by atoms with Crippen LogP contribution in [0.1, 0.15) is 18.9 Å². The molecule has 4 heterocycles. The van der Waals surface area contributed by atoms with E-state index in [9.17, 15) is 9.65 Å². The molecule has 0 unspecified atom stereocenters. The average molecular weight is 465 g/mol. The molecule has 6 nitrogen and oxygen atoms in total. The van der Waals surface area contributed by atoms with Crippen LogP contribution in [0.25, 0.3) is 44.2 Å². The minimum Gasteiger partial charge on any atom is -0.346 e. The Morgan fingerprint density at radius 3 is 2.77 bits per heavy atom. The molecule has 3 aromatic heterocycles. The summed E-state index contributed by atoms with van der Waals surface area (Å²) < 4.78 is 18.9. The number of hydrogen-bond acceptors (Lipinski definition) is 4. The van der Waals surface area contributed by atoms with Gasteiger partial charge in [-0.3, -0.25) is 9.67 Å². The number of benzene rings is 2. The lowest BCUT2D eigenvalue weighted by Crippen LogP contribution is -2.14. The lowest BCUT2D eigenvalue weighted by atomic mass is 9.95. The van der Waals surface area contributed by atoms with Crippen molar-refractivity contribution in [2.75, 3.05) is 13.1 Å². The average Bonchev–Trinajstić information content (AvgIpc) is 3.63. The van der Waals surface area contributed by atoms with Gasteiger partial charge in [0.2, 0.25) is 0 Å². The van der Waals surface area contributed by atoms with Crippen molar-refractivity contribution < 1.29 is 4.39 Å². The normalized spacial score (nSPS) is 15.7. The molecule has 0 amide bonds. The number of rotatable bonds is 5. The molecule has 1 aliphatic heterocycles. The largest absolute Gasteiger partial charge is 0.346 e. The Kier molecular flexibility index (Phi) is 5.31. The highest BCUT2D eigenvalue weighted by Crippen LogP contribution is 2.38. The smallest absolute Gasteiger partial charge is 0.141 e. The summed E-state index contributed by atoms with van der Waals surface area (Å²) in [6.07, 6.45) is 7.06. The van der Waals surface area contributed by atoms with E-state index in [2.05, 4.69) is 52.4 Å². The summed E-state index contributed by atoms with van der Waals surface area (Å²) in [5.41, 5.74) is 5.45. The van der Waals surface area contributed by atoms with Gasteiger partial charge in [-0.05, 0) is 68.2 Å². The van der Waals surface area contributed by atoms with Gasteiger partial charge in [0.15, 0.2) is 0 Å². The van der Waals surface area contributed by atoms with Crippen LogP contribution in [-0.2, 0) is 13.1 Å². The van der Waals surface area contributed by atoms with Crippen LogP contribution in [0.4, 0.5) is 4.39 Å². The Morgan fingerprint density at radius 2 is 2.00 bits per heavy atom. The molecular weight excluding hydrogens is 439 g/mol. The molecule has 1 fully saturated rings. The Bertz CT molecular complexity index is 1600. The summed E-state index contributed by atoms with van der Waals surface area (Å²) in [5.74, 6) is 0.0580. The molecule has 1 N–H and O–H groups in total. The van der Waals surface area contributed by atoms with E-state index in [4.69, 9.17) is 4.98 Å². The Balaban J connectivity index is 1.55. The molecule has 7 heteroatoms. The fourth-order valence-electron chi connectivity index (χ4n) is 5.22. The molecule has 1 saturated heterocycles. The van der Waals surface area contributed by atoms with Crippen LogP contribution in [0, 0.1) is 23.1 Å². The minimum atomic E-state index is -0.524. The van der Waals surface area contributed by atoms with Crippen LogP contribution in [0.2, 0.25) is 0 Å². The Labute approximate surface area is 202 Å². The number of nitrogens with one attached hydrogen (secondary N) is 1. The second kappa shape index (κ2) is 8.64. The van der Waals surface area contributed by atoms with Gasteiger partial charge in [0, 0.05) is 41.2 Å². The third-order valence-electron chi connectivity index (χ3n) is 7.04. The SMILES string of the molecule is CCn1ncc2cc(-c3ncc4c(ccn4C[C@H]4CCNC4)c3-c3ccc(C#N)c(F)c3)ccc21. The molecule has 0 bridgehead atoms. The van der Waals surface area contributed by atoms with Crippen molar-refractivity contribution in [2.45, 2.75) is 26.4 Å². The first-order valence-electron chi connectivity index (χ1n) is 12.0. The van der Waals surface area contributed by atoms with E-state index >= 15 is 0 Å². The molecule has 5 aromatic rings. The highest BCUT2D eigenvalue weighted by Gasteiger charge is 2.20. The zero-order chi connectivity index (χ0) is 23.9. The second-order valence-electron chi connectivity index (χ2n) is 9.15. The first-order valence-corrected chi connectivity index (χ1v) is 12.0. The molecule has 2 aromatic carbocycles. The first-order chi connectivity index (χ1) is 17.2. The molecule has 0 radical (unpaired) electrons. The van der Waals surface area contributed by atoms with E-state index in [0.717, 1.165) is 71.2 Å². The van der Waals surface area contributed by atoms with Crippen molar-refractivity contribution in [1.82, 2.24) is 24.6 Å². The van der Waals surface area contributed by atoms with Gasteiger partial charge >= 0.3 is 0 Å². The highest BCUT2D eigenvalue weighted by molar-refractivity contribution is 6.02. The molecule has 174 valence electrons. The number of hydrogen-bond donors (Lipinski definition) is 1. The third kappa shape index (κ3) is 3.67. The van der Waals surface area contributed by atoms with Crippen LogP contribution < -0.4 is 5.32 Å². The van der Waals surface area contributed by atoms with Crippen molar-refractivity contribution in [3.05, 3.63) is 72.4 Å². The van der Waals surface area contributed by atoms with Crippen LogP contribution in [0.5, 0.6) is 0 Å².